The van der Waals surface area contributed by atoms with Crippen molar-refractivity contribution in [3.05, 3.63) is 72.3 Å². The molecule has 0 saturated heterocycles. The standard InChI is InChI=1S/C22H25NO4/c1-4-14-27-20-12-10-17(15-21(20)25-3)11-13-22(24)23-16-18-8-6-7-9-19(18)26-5-2/h4,6-13,15H,1,5,14,16H2,2-3H3,(H,23,24). The second-order valence-corrected chi connectivity index (χ2v) is 5.60. The molecule has 0 aliphatic carbocycles. The molecule has 0 heterocycles. The highest BCUT2D eigenvalue weighted by Crippen LogP contribution is 2.28. The Kier molecular flexibility index (Phi) is 7.97. The summed E-state index contributed by atoms with van der Waals surface area (Å²) in [6.07, 6.45) is 4.88. The molecule has 2 aromatic rings. The molecule has 0 spiro atoms. The molecule has 0 radical (unpaired) electrons. The lowest BCUT2D eigenvalue weighted by atomic mass is 10.1. The van der Waals surface area contributed by atoms with Gasteiger partial charge in [0.1, 0.15) is 12.4 Å². The smallest absolute Gasteiger partial charge is 0.244 e. The molecule has 5 heteroatoms. The molecule has 1 N–H and O–H groups in total. The van der Waals surface area contributed by atoms with Gasteiger partial charge in [-0.15, -0.1) is 0 Å². The van der Waals surface area contributed by atoms with Crippen LogP contribution in [0.2, 0.25) is 0 Å². The third-order valence-electron chi connectivity index (χ3n) is 3.70. The first kappa shape index (κ1) is 20.1. The molecule has 0 saturated carbocycles. The van der Waals surface area contributed by atoms with Crippen molar-refractivity contribution < 1.29 is 19.0 Å². The molecule has 2 aromatic carbocycles. The summed E-state index contributed by atoms with van der Waals surface area (Å²) in [4.78, 5) is 12.1. The SMILES string of the molecule is C=CCOc1ccc(C=CC(=O)NCc2ccccc2OCC)cc1OC. The van der Waals surface area contributed by atoms with Gasteiger partial charge in [-0.1, -0.05) is 36.9 Å². The molecule has 142 valence electrons. The summed E-state index contributed by atoms with van der Waals surface area (Å²) in [5, 5.41) is 2.86. The fourth-order valence-corrected chi connectivity index (χ4v) is 2.42. The van der Waals surface area contributed by atoms with Crippen LogP contribution in [0.4, 0.5) is 0 Å². The van der Waals surface area contributed by atoms with E-state index < -0.39 is 0 Å². The van der Waals surface area contributed by atoms with Crippen molar-refractivity contribution in [2.24, 2.45) is 0 Å². The summed E-state index contributed by atoms with van der Waals surface area (Å²) < 4.78 is 16.4. The van der Waals surface area contributed by atoms with Gasteiger partial charge in [0, 0.05) is 18.2 Å². The Labute approximate surface area is 160 Å². The molecule has 0 aromatic heterocycles. The van der Waals surface area contributed by atoms with E-state index in [9.17, 15) is 4.79 Å². The zero-order valence-electron chi connectivity index (χ0n) is 15.7. The van der Waals surface area contributed by atoms with Crippen molar-refractivity contribution in [3.8, 4) is 17.2 Å². The largest absolute Gasteiger partial charge is 0.494 e. The van der Waals surface area contributed by atoms with Crippen LogP contribution in [0.1, 0.15) is 18.1 Å². The summed E-state index contributed by atoms with van der Waals surface area (Å²) in [5.74, 6) is 1.83. The van der Waals surface area contributed by atoms with Gasteiger partial charge >= 0.3 is 0 Å². The number of methoxy groups -OCH3 is 1. The van der Waals surface area contributed by atoms with E-state index in [0.717, 1.165) is 16.9 Å². The number of nitrogens with one attached hydrogen (secondary N) is 1. The summed E-state index contributed by atoms with van der Waals surface area (Å²) in [6.45, 7) is 6.94. The first-order valence-electron chi connectivity index (χ1n) is 8.76. The van der Waals surface area contributed by atoms with E-state index in [4.69, 9.17) is 14.2 Å². The van der Waals surface area contributed by atoms with E-state index >= 15 is 0 Å². The van der Waals surface area contributed by atoms with Crippen LogP contribution >= 0.6 is 0 Å². The maximum absolute atomic E-state index is 12.1. The van der Waals surface area contributed by atoms with E-state index in [1.807, 2.05) is 43.3 Å². The molecule has 2 rings (SSSR count). The third-order valence-corrected chi connectivity index (χ3v) is 3.70. The van der Waals surface area contributed by atoms with Gasteiger partial charge in [-0.3, -0.25) is 4.79 Å². The van der Waals surface area contributed by atoms with E-state index in [1.54, 1.807) is 25.3 Å². The normalized spacial score (nSPS) is 10.4. The van der Waals surface area contributed by atoms with Crippen molar-refractivity contribution in [2.45, 2.75) is 13.5 Å². The van der Waals surface area contributed by atoms with Gasteiger partial charge < -0.3 is 19.5 Å². The number of rotatable bonds is 10. The number of amides is 1. The van der Waals surface area contributed by atoms with E-state index in [0.29, 0.717) is 31.3 Å². The highest BCUT2D eigenvalue weighted by atomic mass is 16.5. The van der Waals surface area contributed by atoms with Gasteiger partial charge in [0.2, 0.25) is 5.91 Å². The minimum Gasteiger partial charge on any atom is -0.494 e. The van der Waals surface area contributed by atoms with Crippen molar-refractivity contribution in [3.63, 3.8) is 0 Å². The van der Waals surface area contributed by atoms with Gasteiger partial charge in [0.15, 0.2) is 11.5 Å². The molecule has 5 nitrogen and oxygen atoms in total. The number of carbonyl (C=O) groups excluding carboxylic acids is 1. The Balaban J connectivity index is 1.97. The minimum absolute atomic E-state index is 0.188. The van der Waals surface area contributed by atoms with Crippen LogP contribution in [0.25, 0.3) is 6.08 Å². The Morgan fingerprint density at radius 3 is 2.67 bits per heavy atom. The summed E-state index contributed by atoms with van der Waals surface area (Å²) >= 11 is 0. The Morgan fingerprint density at radius 2 is 1.93 bits per heavy atom. The predicted octanol–water partition coefficient (Wildman–Crippen LogP) is 3.99. The van der Waals surface area contributed by atoms with E-state index in [1.165, 1.54) is 6.08 Å². The number of ether oxygens (including phenoxy) is 3. The third kappa shape index (κ3) is 6.22. The topological polar surface area (TPSA) is 56.8 Å². The van der Waals surface area contributed by atoms with Crippen molar-refractivity contribution in [1.29, 1.82) is 0 Å². The molecule has 27 heavy (non-hydrogen) atoms. The number of hydrogen-bond acceptors (Lipinski definition) is 4. The summed E-state index contributed by atoms with van der Waals surface area (Å²) in [6, 6.07) is 13.1. The predicted molar refractivity (Wildman–Crippen MR) is 107 cm³/mol. The van der Waals surface area contributed by atoms with Crippen LogP contribution in [-0.2, 0) is 11.3 Å². The van der Waals surface area contributed by atoms with Crippen LogP contribution < -0.4 is 19.5 Å². The number of hydrogen-bond donors (Lipinski definition) is 1. The Bertz CT molecular complexity index is 799. The van der Waals surface area contributed by atoms with E-state index in [2.05, 4.69) is 11.9 Å². The zero-order valence-corrected chi connectivity index (χ0v) is 15.7. The number of para-hydroxylation sites is 1. The van der Waals surface area contributed by atoms with Crippen LogP contribution in [0.3, 0.4) is 0 Å². The highest BCUT2D eigenvalue weighted by molar-refractivity contribution is 5.91. The highest BCUT2D eigenvalue weighted by Gasteiger charge is 2.06. The average Bonchev–Trinajstić information content (AvgIpc) is 2.70. The first-order chi connectivity index (χ1) is 13.2. The number of benzene rings is 2. The van der Waals surface area contributed by atoms with Crippen molar-refractivity contribution in [2.75, 3.05) is 20.3 Å². The van der Waals surface area contributed by atoms with Gasteiger partial charge in [0.25, 0.3) is 0 Å². The average molecular weight is 367 g/mol. The molecule has 0 aliphatic rings. The zero-order chi connectivity index (χ0) is 19.5. The fourth-order valence-electron chi connectivity index (χ4n) is 2.42. The molecule has 0 fully saturated rings. The quantitative estimate of drug-likeness (QED) is 0.510. The maximum atomic E-state index is 12.1. The van der Waals surface area contributed by atoms with Gasteiger partial charge in [0.05, 0.1) is 13.7 Å². The van der Waals surface area contributed by atoms with Crippen molar-refractivity contribution in [1.82, 2.24) is 5.32 Å². The molecule has 0 atom stereocenters. The number of carbonyl (C=O) groups is 1. The lowest BCUT2D eigenvalue weighted by molar-refractivity contribution is -0.116. The second-order valence-electron chi connectivity index (χ2n) is 5.60. The maximum Gasteiger partial charge on any atom is 0.244 e. The van der Waals surface area contributed by atoms with Crippen LogP contribution in [0.15, 0.2) is 61.2 Å². The second kappa shape index (κ2) is 10.7. The monoisotopic (exact) mass is 367 g/mol. The first-order valence-corrected chi connectivity index (χ1v) is 8.76. The van der Waals surface area contributed by atoms with Crippen LogP contribution in [0, 0.1) is 0 Å². The molecule has 0 unspecified atom stereocenters. The van der Waals surface area contributed by atoms with Gasteiger partial charge in [-0.05, 0) is 36.8 Å². The minimum atomic E-state index is -0.188. The Hall–Kier alpha value is -3.21. The van der Waals surface area contributed by atoms with Crippen LogP contribution in [0.5, 0.6) is 17.2 Å². The molecule has 0 bridgehead atoms. The molecule has 0 aliphatic heterocycles. The van der Waals surface area contributed by atoms with Crippen molar-refractivity contribution >= 4 is 12.0 Å². The Morgan fingerprint density at radius 1 is 1.11 bits per heavy atom. The summed E-state index contributed by atoms with van der Waals surface area (Å²) in [5.41, 5.74) is 1.77. The molecular weight excluding hydrogens is 342 g/mol. The fraction of sp³-hybridized carbons (Fsp3) is 0.227. The summed E-state index contributed by atoms with van der Waals surface area (Å²) in [7, 11) is 1.58. The molecular formula is C22H25NO4. The van der Waals surface area contributed by atoms with Crippen LogP contribution in [-0.4, -0.2) is 26.2 Å². The van der Waals surface area contributed by atoms with Gasteiger partial charge in [-0.2, -0.15) is 0 Å². The molecule has 1 amide bonds. The lowest BCUT2D eigenvalue weighted by Gasteiger charge is -2.10. The lowest BCUT2D eigenvalue weighted by Crippen LogP contribution is -2.20. The van der Waals surface area contributed by atoms with Gasteiger partial charge in [-0.25, -0.2) is 0 Å². The van der Waals surface area contributed by atoms with E-state index in [-0.39, 0.29) is 5.91 Å².